The number of piperidine rings is 2. The summed E-state index contributed by atoms with van der Waals surface area (Å²) in [5.74, 6) is 4.45. The van der Waals surface area contributed by atoms with Crippen molar-refractivity contribution >= 4 is 38.3 Å². The molecule has 2 aromatic rings. The zero-order valence-electron chi connectivity index (χ0n) is 40.9. The fourth-order valence-corrected chi connectivity index (χ4v) is 5.71. The maximum Gasteiger partial charge on any atom is 0.139 e. The predicted octanol–water partition coefficient (Wildman–Crippen LogP) is 14.5. The SMILES string of the molecule is CC.CC.CC.CC.CCC.CCC.CCCc1nc2c(c(N3CCCCC3)n1)C=CC2.CCCc1nc2c(c(N3CCCCC3)n1)CC=C2.C[B]C.C[B]C. The van der Waals surface area contributed by atoms with Crippen LogP contribution in [0.2, 0.25) is 27.3 Å². The number of aromatic nitrogens is 4. The molecule has 2 saturated heterocycles. The molecule has 8 heteroatoms. The van der Waals surface area contributed by atoms with Gasteiger partial charge in [-0.05, 0) is 63.9 Å². The Hall–Kier alpha value is -2.63. The lowest BCUT2D eigenvalue weighted by atomic mass is 9.88. The van der Waals surface area contributed by atoms with Gasteiger partial charge in [0.25, 0.3) is 0 Å². The molecule has 0 atom stereocenters. The number of aryl methyl sites for hydroxylation is 2. The molecule has 6 nitrogen and oxygen atoms in total. The summed E-state index contributed by atoms with van der Waals surface area (Å²) in [7, 11) is 4.00. The van der Waals surface area contributed by atoms with Gasteiger partial charge in [0.2, 0.25) is 0 Å². The van der Waals surface area contributed by atoms with E-state index in [1.54, 1.807) is 0 Å². The van der Waals surface area contributed by atoms with Crippen LogP contribution in [0.4, 0.5) is 11.6 Å². The minimum Gasteiger partial charge on any atom is -0.356 e. The molecule has 6 rings (SSSR count). The van der Waals surface area contributed by atoms with Gasteiger partial charge in [-0.3, -0.25) is 0 Å². The molecule has 2 aliphatic heterocycles. The summed E-state index contributed by atoms with van der Waals surface area (Å²) in [6, 6.07) is 0. The molecule has 2 radical (unpaired) electrons. The Bertz CT molecular complexity index is 1160. The summed E-state index contributed by atoms with van der Waals surface area (Å²) < 4.78 is 0. The first-order chi connectivity index (χ1) is 27.4. The van der Waals surface area contributed by atoms with Crippen molar-refractivity contribution in [2.75, 3.05) is 36.0 Å². The lowest BCUT2D eigenvalue weighted by molar-refractivity contribution is 0.570. The number of fused-ring (bicyclic) bond motifs is 2. The Kier molecular flexibility index (Phi) is 48.3. The number of allylic oxidation sites excluding steroid dienone is 2. The number of hydrogen-bond donors (Lipinski definition) is 0. The molecule has 0 bridgehead atoms. The van der Waals surface area contributed by atoms with Gasteiger partial charge in [0.15, 0.2) is 0 Å². The highest BCUT2D eigenvalue weighted by Crippen LogP contribution is 2.30. The van der Waals surface area contributed by atoms with Gasteiger partial charge in [-0.2, -0.15) is 0 Å². The molecule has 322 valence electrons. The van der Waals surface area contributed by atoms with Gasteiger partial charge in [0.05, 0.1) is 11.4 Å². The van der Waals surface area contributed by atoms with Crippen molar-refractivity contribution in [3.8, 4) is 0 Å². The largest absolute Gasteiger partial charge is 0.356 e. The Morgan fingerprint density at radius 2 is 0.875 bits per heavy atom. The van der Waals surface area contributed by atoms with E-state index in [0.29, 0.717) is 0 Å². The molecule has 2 aliphatic carbocycles. The van der Waals surface area contributed by atoms with E-state index in [1.807, 2.05) is 97.2 Å². The average molecular weight is 777 g/mol. The second kappa shape index (κ2) is 45.1. The van der Waals surface area contributed by atoms with Crippen molar-refractivity contribution in [3.63, 3.8) is 0 Å². The minimum absolute atomic E-state index is 0.982. The molecular weight excluding hydrogens is 682 g/mol. The van der Waals surface area contributed by atoms with Gasteiger partial charge < -0.3 is 9.80 Å². The average Bonchev–Trinajstić information content (AvgIpc) is 3.93. The lowest BCUT2D eigenvalue weighted by Crippen LogP contribution is -2.31. The molecule has 2 aromatic heterocycles. The fraction of sp³-hybridized carbons (Fsp3) is 0.750. The molecule has 56 heavy (non-hydrogen) atoms. The highest BCUT2D eigenvalue weighted by molar-refractivity contribution is 6.31. The van der Waals surface area contributed by atoms with Crippen molar-refractivity contribution in [1.29, 1.82) is 0 Å². The van der Waals surface area contributed by atoms with E-state index < -0.39 is 0 Å². The van der Waals surface area contributed by atoms with Crippen LogP contribution in [0.25, 0.3) is 12.2 Å². The summed E-state index contributed by atoms with van der Waals surface area (Å²) >= 11 is 0. The van der Waals surface area contributed by atoms with E-state index in [0.717, 1.165) is 82.0 Å². The van der Waals surface area contributed by atoms with Crippen LogP contribution in [0.3, 0.4) is 0 Å². The van der Waals surface area contributed by atoms with Gasteiger partial charge >= 0.3 is 0 Å². The Labute approximate surface area is 353 Å². The third-order valence-corrected chi connectivity index (χ3v) is 7.57. The first-order valence-electron chi connectivity index (χ1n) is 23.5. The predicted molar refractivity (Wildman–Crippen MR) is 262 cm³/mol. The maximum absolute atomic E-state index is 4.83. The first-order valence-corrected chi connectivity index (χ1v) is 23.5. The first kappa shape index (κ1) is 60.1. The van der Waals surface area contributed by atoms with Crippen molar-refractivity contribution in [2.24, 2.45) is 0 Å². The smallest absolute Gasteiger partial charge is 0.139 e. The van der Waals surface area contributed by atoms with Crippen molar-refractivity contribution in [3.05, 3.63) is 46.3 Å². The molecule has 2 fully saturated rings. The fourth-order valence-electron chi connectivity index (χ4n) is 5.71. The van der Waals surface area contributed by atoms with E-state index in [4.69, 9.17) is 15.0 Å². The van der Waals surface area contributed by atoms with Crippen LogP contribution in [-0.2, 0) is 25.7 Å². The van der Waals surface area contributed by atoms with Crippen LogP contribution in [0.5, 0.6) is 0 Å². The summed E-state index contributed by atoms with van der Waals surface area (Å²) in [6.07, 6.45) is 25.4. The minimum atomic E-state index is 0.982. The van der Waals surface area contributed by atoms with Crippen LogP contribution in [-0.4, -0.2) is 60.7 Å². The van der Waals surface area contributed by atoms with E-state index in [1.165, 1.54) is 79.8 Å². The van der Waals surface area contributed by atoms with E-state index in [2.05, 4.69) is 80.6 Å². The number of nitrogens with zero attached hydrogens (tertiary/aromatic N) is 6. The zero-order valence-corrected chi connectivity index (χ0v) is 40.9. The molecular formula is C48H94B2N6. The maximum atomic E-state index is 4.83. The Morgan fingerprint density at radius 3 is 1.30 bits per heavy atom. The van der Waals surface area contributed by atoms with E-state index in [9.17, 15) is 0 Å². The summed E-state index contributed by atoms with van der Waals surface area (Å²) in [4.78, 5) is 24.0. The van der Waals surface area contributed by atoms with Crippen LogP contribution < -0.4 is 9.80 Å². The topological polar surface area (TPSA) is 58.0 Å². The van der Waals surface area contributed by atoms with Crippen LogP contribution >= 0.6 is 0 Å². The monoisotopic (exact) mass is 777 g/mol. The Balaban J connectivity index is -0.000000332. The molecule has 0 aromatic carbocycles. The standard InChI is InChI=1S/2C15H21N3.2C3H8.2C2H6B.4C2H6/c2*1-2-7-14-16-13-9-6-8-12(13)15(17-14)18-10-4-3-5-11-18;4*1-3-2;4*1-2/h6,9H,2-5,7-8,10-11H2,1H3;6,8H,2-5,7,9-11H2,1H3;2*3H2,1-2H3;2*1-2H3;4*1-2H3. The van der Waals surface area contributed by atoms with Crippen LogP contribution in [0.1, 0.15) is 195 Å². The Morgan fingerprint density at radius 1 is 0.500 bits per heavy atom. The number of anilines is 2. The number of rotatable bonds is 6. The highest BCUT2D eigenvalue weighted by Gasteiger charge is 2.22. The molecule has 4 aliphatic rings. The van der Waals surface area contributed by atoms with Gasteiger partial charge in [-0.15, -0.1) is 0 Å². The molecule has 0 spiro atoms. The third-order valence-electron chi connectivity index (χ3n) is 7.57. The van der Waals surface area contributed by atoms with Crippen LogP contribution in [0.15, 0.2) is 12.2 Å². The second-order valence-corrected chi connectivity index (χ2v) is 13.0. The zero-order chi connectivity index (χ0) is 43.6. The summed E-state index contributed by atoms with van der Waals surface area (Å²) in [5, 5.41) is 0. The molecule has 0 saturated carbocycles. The number of hydrogen-bond acceptors (Lipinski definition) is 6. The van der Waals surface area contributed by atoms with Gasteiger partial charge in [-0.1, -0.05) is 155 Å². The van der Waals surface area contributed by atoms with E-state index >= 15 is 0 Å². The molecule has 0 unspecified atom stereocenters. The van der Waals surface area contributed by atoms with Crippen molar-refractivity contribution < 1.29 is 0 Å². The summed E-state index contributed by atoms with van der Waals surface area (Å²) in [6.45, 7) is 41.5. The van der Waals surface area contributed by atoms with Crippen LogP contribution in [0, 0.1) is 0 Å². The highest BCUT2D eigenvalue weighted by atomic mass is 15.2. The second-order valence-electron chi connectivity index (χ2n) is 13.0. The van der Waals surface area contributed by atoms with Crippen molar-refractivity contribution in [2.45, 2.75) is 214 Å². The van der Waals surface area contributed by atoms with Crippen molar-refractivity contribution in [1.82, 2.24) is 19.9 Å². The van der Waals surface area contributed by atoms with Gasteiger partial charge in [-0.25, -0.2) is 19.9 Å². The summed E-state index contributed by atoms with van der Waals surface area (Å²) in [5.41, 5.74) is 5.01. The quantitative estimate of drug-likeness (QED) is 0.272. The van der Waals surface area contributed by atoms with Gasteiger partial charge in [0.1, 0.15) is 37.8 Å². The lowest BCUT2D eigenvalue weighted by Gasteiger charge is -2.29. The molecule has 0 N–H and O–H groups in total. The van der Waals surface area contributed by atoms with Gasteiger partial charge in [0, 0.05) is 56.6 Å². The third kappa shape index (κ3) is 25.6. The molecule has 4 heterocycles. The normalized spacial score (nSPS) is 13.2. The molecule has 0 amide bonds. The van der Waals surface area contributed by atoms with E-state index in [-0.39, 0.29) is 0 Å².